The lowest BCUT2D eigenvalue weighted by atomic mass is 10.1. The van der Waals surface area contributed by atoms with Gasteiger partial charge in [0.15, 0.2) is 0 Å². The Labute approximate surface area is 68.0 Å². The molecule has 1 aliphatic heterocycles. The zero-order valence-electron chi connectivity index (χ0n) is 7.29. The van der Waals surface area contributed by atoms with Gasteiger partial charge in [-0.25, -0.2) is 0 Å². The van der Waals surface area contributed by atoms with Crippen LogP contribution in [0.2, 0.25) is 0 Å². The minimum atomic E-state index is -0.335. The predicted molar refractivity (Wildman–Crippen MR) is 43.3 cm³/mol. The summed E-state index contributed by atoms with van der Waals surface area (Å²) in [4.78, 5) is 2.00. The van der Waals surface area contributed by atoms with Gasteiger partial charge in [0.2, 0.25) is 0 Å². The maximum absolute atomic E-state index is 9.26. The lowest BCUT2D eigenvalue weighted by molar-refractivity contribution is -0.0325. The van der Waals surface area contributed by atoms with Gasteiger partial charge in [0.05, 0.1) is 0 Å². The summed E-state index contributed by atoms with van der Waals surface area (Å²) in [5, 5.41) is 9.26. The second-order valence-electron chi connectivity index (χ2n) is 3.14. The molecule has 1 unspecified atom stereocenters. The maximum atomic E-state index is 9.26. The molecule has 0 radical (unpaired) electrons. The van der Waals surface area contributed by atoms with Gasteiger partial charge in [-0.3, -0.25) is 4.90 Å². The molecule has 0 spiro atoms. The van der Waals surface area contributed by atoms with Gasteiger partial charge < -0.3 is 9.84 Å². The van der Waals surface area contributed by atoms with Crippen LogP contribution in [-0.4, -0.2) is 42.5 Å². The Hall–Kier alpha value is -0.120. The van der Waals surface area contributed by atoms with E-state index in [1.54, 1.807) is 6.92 Å². The lowest BCUT2D eigenvalue weighted by Crippen LogP contribution is -2.41. The van der Waals surface area contributed by atoms with E-state index >= 15 is 0 Å². The van der Waals surface area contributed by atoms with Crippen molar-refractivity contribution in [1.82, 2.24) is 4.90 Å². The minimum absolute atomic E-state index is 0.335. The largest absolute Gasteiger partial charge is 0.381 e. The smallest absolute Gasteiger partial charge is 0.104 e. The summed E-state index contributed by atoms with van der Waals surface area (Å²) in [6.45, 7) is 3.47. The molecule has 0 aliphatic carbocycles. The molecular weight excluding hydrogens is 142 g/mol. The Morgan fingerprint density at radius 2 is 2.00 bits per heavy atom. The van der Waals surface area contributed by atoms with Gasteiger partial charge in [-0.2, -0.15) is 0 Å². The van der Waals surface area contributed by atoms with Crippen LogP contribution in [0.15, 0.2) is 0 Å². The Morgan fingerprint density at radius 1 is 1.45 bits per heavy atom. The van der Waals surface area contributed by atoms with E-state index in [1.165, 1.54) is 0 Å². The number of aliphatic hydroxyl groups excluding tert-OH is 1. The molecule has 1 fully saturated rings. The molecule has 11 heavy (non-hydrogen) atoms. The molecule has 3 heteroatoms. The number of nitrogens with zero attached hydrogens (tertiary/aromatic N) is 1. The van der Waals surface area contributed by atoms with Gasteiger partial charge >= 0.3 is 0 Å². The van der Waals surface area contributed by atoms with Gasteiger partial charge in [0, 0.05) is 19.3 Å². The van der Waals surface area contributed by atoms with Gasteiger partial charge in [-0.1, -0.05) is 0 Å². The van der Waals surface area contributed by atoms with Crippen molar-refractivity contribution >= 4 is 0 Å². The lowest BCUT2D eigenvalue weighted by Gasteiger charge is -2.32. The third kappa shape index (κ3) is 2.43. The number of ether oxygens (including phenoxy) is 1. The maximum Gasteiger partial charge on any atom is 0.104 e. The van der Waals surface area contributed by atoms with Crippen LogP contribution in [-0.2, 0) is 4.74 Å². The van der Waals surface area contributed by atoms with Crippen LogP contribution >= 0.6 is 0 Å². The quantitative estimate of drug-likeness (QED) is 0.593. The summed E-state index contributed by atoms with van der Waals surface area (Å²) >= 11 is 0. The second-order valence-corrected chi connectivity index (χ2v) is 3.14. The molecule has 1 saturated heterocycles. The van der Waals surface area contributed by atoms with E-state index in [4.69, 9.17) is 4.74 Å². The summed E-state index contributed by atoms with van der Waals surface area (Å²) < 4.78 is 5.22. The minimum Gasteiger partial charge on any atom is -0.381 e. The molecule has 0 amide bonds. The van der Waals surface area contributed by atoms with Gasteiger partial charge in [-0.15, -0.1) is 0 Å². The van der Waals surface area contributed by atoms with Crippen LogP contribution in [0.1, 0.15) is 19.8 Å². The SMILES string of the molecule is CC(O)N(C)C1CCOCC1. The summed E-state index contributed by atoms with van der Waals surface area (Å²) in [6.07, 6.45) is 1.75. The fraction of sp³-hybridized carbons (Fsp3) is 1.00. The first-order valence-corrected chi connectivity index (χ1v) is 4.19. The number of rotatable bonds is 2. The van der Waals surface area contributed by atoms with Crippen molar-refractivity contribution in [2.45, 2.75) is 32.0 Å². The third-order valence-corrected chi connectivity index (χ3v) is 2.36. The molecule has 0 saturated carbocycles. The van der Waals surface area contributed by atoms with Crippen molar-refractivity contribution in [3.05, 3.63) is 0 Å². The molecule has 1 aliphatic rings. The Balaban J connectivity index is 2.32. The normalized spacial score (nSPS) is 24.0. The van der Waals surface area contributed by atoms with Crippen LogP contribution in [0.25, 0.3) is 0 Å². The first-order valence-electron chi connectivity index (χ1n) is 4.19. The van der Waals surface area contributed by atoms with E-state index in [0.29, 0.717) is 6.04 Å². The topological polar surface area (TPSA) is 32.7 Å². The van der Waals surface area contributed by atoms with Crippen molar-refractivity contribution in [2.24, 2.45) is 0 Å². The fourth-order valence-electron chi connectivity index (χ4n) is 1.40. The molecule has 3 nitrogen and oxygen atoms in total. The molecule has 0 aromatic rings. The van der Waals surface area contributed by atoms with Crippen molar-refractivity contribution < 1.29 is 9.84 Å². The standard InChI is InChI=1S/C8H17NO2/c1-7(10)9(2)8-3-5-11-6-4-8/h7-8,10H,3-6H2,1-2H3. The average molecular weight is 159 g/mol. The predicted octanol–water partition coefficient (Wildman–Crippen LogP) is 0.435. The highest BCUT2D eigenvalue weighted by Crippen LogP contribution is 2.13. The highest BCUT2D eigenvalue weighted by molar-refractivity contribution is 4.71. The Kier molecular flexibility index (Phi) is 3.30. The molecular formula is C8H17NO2. The molecule has 1 atom stereocenters. The van der Waals surface area contributed by atoms with E-state index in [2.05, 4.69) is 0 Å². The Bertz CT molecular complexity index is 111. The fourth-order valence-corrected chi connectivity index (χ4v) is 1.40. The van der Waals surface area contributed by atoms with Crippen LogP contribution < -0.4 is 0 Å². The highest BCUT2D eigenvalue weighted by atomic mass is 16.5. The summed E-state index contributed by atoms with van der Waals surface area (Å²) in [5.74, 6) is 0. The van der Waals surface area contributed by atoms with Crippen LogP contribution in [0.3, 0.4) is 0 Å². The van der Waals surface area contributed by atoms with Crippen LogP contribution in [0.4, 0.5) is 0 Å². The molecule has 66 valence electrons. The van der Waals surface area contributed by atoms with E-state index in [-0.39, 0.29) is 6.23 Å². The van der Waals surface area contributed by atoms with Gasteiger partial charge in [0.1, 0.15) is 6.23 Å². The number of aliphatic hydroxyl groups is 1. The first-order chi connectivity index (χ1) is 5.22. The van der Waals surface area contributed by atoms with Crippen LogP contribution in [0.5, 0.6) is 0 Å². The van der Waals surface area contributed by atoms with E-state index in [1.807, 2.05) is 11.9 Å². The highest BCUT2D eigenvalue weighted by Gasteiger charge is 2.20. The van der Waals surface area contributed by atoms with Gasteiger partial charge in [0.25, 0.3) is 0 Å². The van der Waals surface area contributed by atoms with Crippen molar-refractivity contribution in [3.63, 3.8) is 0 Å². The van der Waals surface area contributed by atoms with Crippen molar-refractivity contribution in [3.8, 4) is 0 Å². The summed E-state index contributed by atoms with van der Waals surface area (Å²) in [7, 11) is 1.96. The Morgan fingerprint density at radius 3 is 2.45 bits per heavy atom. The molecule has 1 heterocycles. The van der Waals surface area contributed by atoms with E-state index in [0.717, 1.165) is 26.1 Å². The van der Waals surface area contributed by atoms with Crippen molar-refractivity contribution in [2.75, 3.05) is 20.3 Å². The molecule has 1 rings (SSSR count). The summed E-state index contributed by atoms with van der Waals surface area (Å²) in [5.41, 5.74) is 0. The van der Waals surface area contributed by atoms with Gasteiger partial charge in [-0.05, 0) is 26.8 Å². The molecule has 0 aromatic carbocycles. The van der Waals surface area contributed by atoms with E-state index in [9.17, 15) is 5.11 Å². The first kappa shape index (κ1) is 8.97. The summed E-state index contributed by atoms with van der Waals surface area (Å²) in [6, 6.07) is 0.503. The third-order valence-electron chi connectivity index (χ3n) is 2.36. The average Bonchev–Trinajstić information content (AvgIpc) is 2.05. The van der Waals surface area contributed by atoms with Crippen LogP contribution in [0, 0.1) is 0 Å². The zero-order chi connectivity index (χ0) is 8.27. The van der Waals surface area contributed by atoms with Crippen molar-refractivity contribution in [1.29, 1.82) is 0 Å². The monoisotopic (exact) mass is 159 g/mol. The number of hydrogen-bond acceptors (Lipinski definition) is 3. The van der Waals surface area contributed by atoms with E-state index < -0.39 is 0 Å². The molecule has 1 N–H and O–H groups in total. The molecule has 0 bridgehead atoms. The second kappa shape index (κ2) is 4.04. The zero-order valence-corrected chi connectivity index (χ0v) is 7.29. The molecule has 0 aromatic heterocycles. The number of hydrogen-bond donors (Lipinski definition) is 1.